The topological polar surface area (TPSA) is 43.1 Å². The summed E-state index contributed by atoms with van der Waals surface area (Å²) in [6, 6.07) is 4.74. The third kappa shape index (κ3) is 4.02. The van der Waals surface area contributed by atoms with Gasteiger partial charge in [0.2, 0.25) is 0 Å². The molecule has 1 aromatic rings. The maximum atomic E-state index is 13.2. The Labute approximate surface area is 103 Å². The quantitative estimate of drug-likeness (QED) is 0.818. The summed E-state index contributed by atoms with van der Waals surface area (Å²) in [5.74, 6) is -0.202. The summed E-state index contributed by atoms with van der Waals surface area (Å²) in [7, 11) is 0. The molecule has 0 atom stereocenters. The lowest BCUT2D eigenvalue weighted by molar-refractivity contribution is -0.118. The number of benzene rings is 1. The van der Waals surface area contributed by atoms with Crippen LogP contribution in [0.25, 0.3) is 0 Å². The summed E-state index contributed by atoms with van der Waals surface area (Å²) in [5, 5.41) is 0. The lowest BCUT2D eigenvalue weighted by Crippen LogP contribution is -2.05. The van der Waals surface area contributed by atoms with Gasteiger partial charge >= 0.3 is 0 Å². The molecule has 0 aliphatic rings. The Kier molecular flexibility index (Phi) is 5.63. The van der Waals surface area contributed by atoms with Crippen molar-refractivity contribution in [2.75, 3.05) is 6.54 Å². The van der Waals surface area contributed by atoms with E-state index in [9.17, 15) is 9.18 Å². The minimum atomic E-state index is -0.327. The summed E-state index contributed by atoms with van der Waals surface area (Å²) in [6.07, 6.45) is 2.46. The van der Waals surface area contributed by atoms with Gasteiger partial charge in [0.15, 0.2) is 0 Å². The van der Waals surface area contributed by atoms with Crippen LogP contribution in [0.3, 0.4) is 0 Å². The molecule has 0 saturated heterocycles. The Morgan fingerprint density at radius 1 is 1.38 bits per heavy atom. The normalized spacial score (nSPS) is 10.4. The molecule has 0 amide bonds. The van der Waals surface area contributed by atoms with E-state index in [4.69, 9.17) is 5.73 Å². The highest BCUT2D eigenvalue weighted by atomic mass is 79.9. The van der Waals surface area contributed by atoms with Gasteiger partial charge in [0.05, 0.1) is 4.47 Å². The van der Waals surface area contributed by atoms with E-state index in [-0.39, 0.29) is 18.0 Å². The molecule has 0 fully saturated rings. The summed E-state index contributed by atoms with van der Waals surface area (Å²) >= 11 is 3.14. The van der Waals surface area contributed by atoms with Crippen LogP contribution in [-0.2, 0) is 11.2 Å². The van der Waals surface area contributed by atoms with Gasteiger partial charge in [-0.2, -0.15) is 0 Å². The average Bonchev–Trinajstić information content (AvgIpc) is 2.25. The molecule has 0 aliphatic heterocycles. The first-order valence-corrected chi connectivity index (χ1v) is 6.09. The van der Waals surface area contributed by atoms with Crippen molar-refractivity contribution >= 4 is 21.7 Å². The van der Waals surface area contributed by atoms with Crippen molar-refractivity contribution in [1.29, 1.82) is 0 Å². The molecule has 16 heavy (non-hydrogen) atoms. The van der Waals surface area contributed by atoms with Crippen LogP contribution < -0.4 is 5.73 Å². The monoisotopic (exact) mass is 287 g/mol. The molecule has 0 heterocycles. The van der Waals surface area contributed by atoms with Gasteiger partial charge in [0.25, 0.3) is 0 Å². The van der Waals surface area contributed by atoms with E-state index in [2.05, 4.69) is 15.9 Å². The predicted molar refractivity (Wildman–Crippen MR) is 65.7 cm³/mol. The number of hydrogen-bond acceptors (Lipinski definition) is 2. The van der Waals surface area contributed by atoms with E-state index in [1.54, 1.807) is 12.1 Å². The largest absolute Gasteiger partial charge is 0.330 e. The summed E-state index contributed by atoms with van der Waals surface area (Å²) in [4.78, 5) is 11.6. The number of Topliss-reactive ketones (excluding diaryl/α,β-unsaturated/α-hetero) is 1. The van der Waals surface area contributed by atoms with Crippen LogP contribution in [0.2, 0.25) is 0 Å². The van der Waals surface area contributed by atoms with Crippen LogP contribution in [0.1, 0.15) is 24.8 Å². The summed E-state index contributed by atoms with van der Waals surface area (Å²) in [5.41, 5.74) is 6.05. The smallest absolute Gasteiger partial charge is 0.137 e. The lowest BCUT2D eigenvalue weighted by Gasteiger charge is -2.04. The summed E-state index contributed by atoms with van der Waals surface area (Å²) < 4.78 is 13.6. The second-order valence-corrected chi connectivity index (χ2v) is 4.47. The zero-order chi connectivity index (χ0) is 12.0. The maximum Gasteiger partial charge on any atom is 0.137 e. The standard InChI is InChI=1S/C12H15BrFNO/c13-12-9(4-3-6-11(12)14)8-10(16)5-1-2-7-15/h3-4,6H,1-2,5,7-8,15H2. The van der Waals surface area contributed by atoms with E-state index in [0.29, 0.717) is 23.0 Å². The third-order valence-corrected chi connectivity index (χ3v) is 3.22. The Morgan fingerprint density at radius 2 is 2.12 bits per heavy atom. The first kappa shape index (κ1) is 13.3. The second kappa shape index (κ2) is 6.76. The molecular formula is C12H15BrFNO. The van der Waals surface area contributed by atoms with Crippen LogP contribution in [0.5, 0.6) is 0 Å². The molecule has 0 radical (unpaired) electrons. The third-order valence-electron chi connectivity index (χ3n) is 2.33. The minimum Gasteiger partial charge on any atom is -0.330 e. The highest BCUT2D eigenvalue weighted by molar-refractivity contribution is 9.10. The minimum absolute atomic E-state index is 0.125. The van der Waals surface area contributed by atoms with Crippen LogP contribution in [0.4, 0.5) is 4.39 Å². The van der Waals surface area contributed by atoms with E-state index in [0.717, 1.165) is 12.8 Å². The Morgan fingerprint density at radius 3 is 2.81 bits per heavy atom. The number of unbranched alkanes of at least 4 members (excludes halogenated alkanes) is 1. The highest BCUT2D eigenvalue weighted by Crippen LogP contribution is 2.21. The van der Waals surface area contributed by atoms with Crippen molar-refractivity contribution in [3.63, 3.8) is 0 Å². The molecule has 0 bridgehead atoms. The van der Waals surface area contributed by atoms with Crippen LogP contribution in [0, 0.1) is 5.82 Å². The van der Waals surface area contributed by atoms with Gasteiger partial charge in [-0.05, 0) is 46.9 Å². The lowest BCUT2D eigenvalue weighted by atomic mass is 10.0. The van der Waals surface area contributed by atoms with E-state index in [1.165, 1.54) is 6.07 Å². The van der Waals surface area contributed by atoms with Gasteiger partial charge in [-0.3, -0.25) is 4.79 Å². The van der Waals surface area contributed by atoms with Crippen molar-refractivity contribution in [2.24, 2.45) is 5.73 Å². The number of carbonyl (C=O) groups is 1. The van der Waals surface area contributed by atoms with Gasteiger partial charge in [-0.25, -0.2) is 4.39 Å². The van der Waals surface area contributed by atoms with Gasteiger partial charge in [-0.15, -0.1) is 0 Å². The number of rotatable bonds is 6. The van der Waals surface area contributed by atoms with Crippen molar-refractivity contribution in [2.45, 2.75) is 25.7 Å². The van der Waals surface area contributed by atoms with Gasteiger partial charge in [-0.1, -0.05) is 12.1 Å². The van der Waals surface area contributed by atoms with E-state index < -0.39 is 0 Å². The number of halogens is 2. The SMILES string of the molecule is NCCCCC(=O)Cc1cccc(F)c1Br. The van der Waals surface area contributed by atoms with Gasteiger partial charge in [0.1, 0.15) is 11.6 Å². The molecule has 1 rings (SSSR count). The predicted octanol–water partition coefficient (Wildman–Crippen LogP) is 2.83. The molecule has 4 heteroatoms. The number of nitrogens with two attached hydrogens (primary N) is 1. The van der Waals surface area contributed by atoms with Gasteiger partial charge in [0, 0.05) is 12.8 Å². The fourth-order valence-electron chi connectivity index (χ4n) is 1.45. The van der Waals surface area contributed by atoms with Crippen molar-refractivity contribution in [3.8, 4) is 0 Å². The summed E-state index contributed by atoms with van der Waals surface area (Å²) in [6.45, 7) is 0.608. The van der Waals surface area contributed by atoms with Crippen LogP contribution >= 0.6 is 15.9 Å². The second-order valence-electron chi connectivity index (χ2n) is 3.67. The molecule has 88 valence electrons. The average molecular weight is 288 g/mol. The van der Waals surface area contributed by atoms with E-state index >= 15 is 0 Å². The molecule has 0 spiro atoms. The highest BCUT2D eigenvalue weighted by Gasteiger charge is 2.09. The fourth-order valence-corrected chi connectivity index (χ4v) is 1.86. The fraction of sp³-hybridized carbons (Fsp3) is 0.417. The van der Waals surface area contributed by atoms with Crippen molar-refractivity contribution in [1.82, 2.24) is 0 Å². The Hall–Kier alpha value is -0.740. The number of hydrogen-bond donors (Lipinski definition) is 1. The van der Waals surface area contributed by atoms with Crippen LogP contribution in [0.15, 0.2) is 22.7 Å². The molecule has 2 nitrogen and oxygen atoms in total. The molecule has 2 N–H and O–H groups in total. The first-order valence-electron chi connectivity index (χ1n) is 5.30. The van der Waals surface area contributed by atoms with Crippen molar-refractivity contribution < 1.29 is 9.18 Å². The molecule has 0 aromatic heterocycles. The Balaban J connectivity index is 2.53. The molecule has 1 aromatic carbocycles. The Bertz CT molecular complexity index is 368. The zero-order valence-corrected chi connectivity index (χ0v) is 10.6. The molecule has 0 unspecified atom stereocenters. The van der Waals surface area contributed by atoms with Crippen LogP contribution in [-0.4, -0.2) is 12.3 Å². The molecule has 0 aliphatic carbocycles. The maximum absolute atomic E-state index is 13.2. The van der Waals surface area contributed by atoms with Gasteiger partial charge < -0.3 is 5.73 Å². The first-order chi connectivity index (χ1) is 7.65. The van der Waals surface area contributed by atoms with Crippen molar-refractivity contribution in [3.05, 3.63) is 34.1 Å². The van der Waals surface area contributed by atoms with E-state index in [1.807, 2.05) is 0 Å². The zero-order valence-electron chi connectivity index (χ0n) is 9.01. The number of ketones is 1. The molecule has 0 saturated carbocycles. The molecular weight excluding hydrogens is 273 g/mol. The number of carbonyl (C=O) groups excluding carboxylic acids is 1.